The third-order valence-corrected chi connectivity index (χ3v) is 6.05. The van der Waals surface area contributed by atoms with E-state index in [0.29, 0.717) is 58.3 Å². The lowest BCUT2D eigenvalue weighted by atomic mass is 9.93. The van der Waals surface area contributed by atoms with Gasteiger partial charge >= 0.3 is 7.60 Å². The first-order chi connectivity index (χ1) is 13.5. The van der Waals surface area contributed by atoms with Gasteiger partial charge in [0.2, 0.25) is 0 Å². The molecule has 0 spiro atoms. The lowest BCUT2D eigenvalue weighted by Crippen LogP contribution is -2.18. The molecule has 0 radical (unpaired) electrons. The van der Waals surface area contributed by atoms with Crippen LogP contribution in [0, 0.1) is 5.41 Å². The molecule has 0 saturated heterocycles. The Morgan fingerprint density at radius 1 is 0.586 bits per heavy atom. The quantitative estimate of drug-likeness (QED) is 0.255. The van der Waals surface area contributed by atoms with E-state index >= 15 is 0 Å². The Labute approximate surface area is 177 Å². The minimum absolute atomic E-state index is 0.0792. The average Bonchev–Trinajstić information content (AvgIpc) is 2.58. The van der Waals surface area contributed by atoms with Crippen LogP contribution >= 0.6 is 7.60 Å². The molecule has 0 amide bonds. The monoisotopic (exact) mass is 442 g/mol. The molecule has 0 heterocycles. The first-order valence-corrected chi connectivity index (χ1v) is 11.9. The van der Waals surface area contributed by atoms with E-state index in [1.54, 1.807) is 20.8 Å². The van der Waals surface area contributed by atoms with Crippen LogP contribution in [0.3, 0.4) is 0 Å². The predicted octanol–water partition coefficient (Wildman–Crippen LogP) is 3.51. The van der Waals surface area contributed by atoms with Crippen LogP contribution in [0.15, 0.2) is 0 Å². The highest BCUT2D eigenvalue weighted by atomic mass is 31.2. The van der Waals surface area contributed by atoms with Gasteiger partial charge in [0, 0.05) is 6.61 Å². The van der Waals surface area contributed by atoms with Crippen molar-refractivity contribution in [2.75, 3.05) is 72.7 Å². The van der Waals surface area contributed by atoms with Crippen molar-refractivity contribution in [1.29, 1.82) is 0 Å². The van der Waals surface area contributed by atoms with Gasteiger partial charge < -0.3 is 33.1 Å². The molecule has 0 aromatic rings. The van der Waals surface area contributed by atoms with Crippen LogP contribution in [0.1, 0.15) is 48.0 Å². The number of hydrogen-bond donors (Lipinski definition) is 1. The molecular formula is C20H43O8P. The highest BCUT2D eigenvalue weighted by Crippen LogP contribution is 2.54. The van der Waals surface area contributed by atoms with Gasteiger partial charge in [-0.2, -0.15) is 0 Å². The fourth-order valence-corrected chi connectivity index (χ4v) is 2.48. The van der Waals surface area contributed by atoms with Crippen LogP contribution < -0.4 is 0 Å². The summed E-state index contributed by atoms with van der Waals surface area (Å²) in [5, 5.41) is -0.791. The standard InChI is InChI=1S/C20H43O8P/c1-19(2,3)7-8-23-9-10-24-11-12-25-13-14-26-15-16-27-17-18-28-29(21,22)20(4,5)6/h7-18H2,1-6H3,(H,21,22). The van der Waals surface area contributed by atoms with Gasteiger partial charge in [0.05, 0.1) is 71.2 Å². The molecule has 0 aliphatic rings. The Balaban J connectivity index is 3.24. The number of hydrogen-bond acceptors (Lipinski definition) is 7. The molecule has 1 atom stereocenters. The van der Waals surface area contributed by atoms with E-state index in [0.717, 1.165) is 13.0 Å². The van der Waals surface area contributed by atoms with Gasteiger partial charge in [-0.15, -0.1) is 0 Å². The maximum Gasteiger partial charge on any atom is 0.333 e. The second-order valence-electron chi connectivity index (χ2n) is 8.90. The SMILES string of the molecule is CC(C)(C)CCOCCOCCOCCOCCOCCOP(=O)(O)C(C)(C)C. The van der Waals surface area contributed by atoms with Crippen molar-refractivity contribution in [3.63, 3.8) is 0 Å². The molecule has 0 bridgehead atoms. The predicted molar refractivity (Wildman–Crippen MR) is 114 cm³/mol. The number of ether oxygens (including phenoxy) is 5. The van der Waals surface area contributed by atoms with Crippen molar-refractivity contribution in [3.05, 3.63) is 0 Å². The van der Waals surface area contributed by atoms with Gasteiger partial charge in [0.1, 0.15) is 0 Å². The smallest absolute Gasteiger partial charge is 0.333 e. The average molecular weight is 443 g/mol. The molecule has 0 aromatic heterocycles. The van der Waals surface area contributed by atoms with E-state index in [4.69, 9.17) is 28.2 Å². The molecule has 0 rings (SSSR count). The molecule has 0 aliphatic heterocycles. The van der Waals surface area contributed by atoms with Crippen LogP contribution in [0.25, 0.3) is 0 Å². The highest BCUT2D eigenvalue weighted by molar-refractivity contribution is 7.54. The maximum absolute atomic E-state index is 11.9. The maximum atomic E-state index is 11.9. The van der Waals surface area contributed by atoms with Crippen LogP contribution in [-0.2, 0) is 32.8 Å². The van der Waals surface area contributed by atoms with Crippen molar-refractivity contribution in [2.45, 2.75) is 53.1 Å². The van der Waals surface area contributed by atoms with Crippen molar-refractivity contribution in [1.82, 2.24) is 0 Å². The van der Waals surface area contributed by atoms with Crippen molar-refractivity contribution >= 4 is 7.60 Å². The van der Waals surface area contributed by atoms with E-state index in [-0.39, 0.29) is 13.2 Å². The zero-order valence-corrected chi connectivity index (χ0v) is 20.1. The molecule has 9 heteroatoms. The second-order valence-corrected chi connectivity index (χ2v) is 11.5. The Hall–Kier alpha value is -0.0500. The lowest BCUT2D eigenvalue weighted by molar-refractivity contribution is -0.0141. The largest absolute Gasteiger partial charge is 0.379 e. The Kier molecular flexibility index (Phi) is 15.7. The molecule has 0 saturated carbocycles. The first-order valence-electron chi connectivity index (χ1n) is 10.3. The normalized spacial score (nSPS) is 14.9. The third-order valence-electron chi connectivity index (χ3n) is 3.83. The minimum Gasteiger partial charge on any atom is -0.379 e. The zero-order chi connectivity index (χ0) is 22.2. The minimum atomic E-state index is -3.62. The van der Waals surface area contributed by atoms with E-state index in [1.807, 2.05) is 0 Å². The summed E-state index contributed by atoms with van der Waals surface area (Å²) in [6.07, 6.45) is 1.04. The fraction of sp³-hybridized carbons (Fsp3) is 1.00. The summed E-state index contributed by atoms with van der Waals surface area (Å²) in [6, 6.07) is 0. The van der Waals surface area contributed by atoms with Gasteiger partial charge in [0.15, 0.2) is 0 Å². The van der Waals surface area contributed by atoms with E-state index < -0.39 is 12.8 Å². The molecule has 0 aliphatic carbocycles. The van der Waals surface area contributed by atoms with Crippen LogP contribution in [-0.4, -0.2) is 82.7 Å². The molecule has 1 unspecified atom stereocenters. The summed E-state index contributed by atoms with van der Waals surface area (Å²) >= 11 is 0. The van der Waals surface area contributed by atoms with Gasteiger partial charge in [-0.05, 0) is 32.6 Å². The molecular weight excluding hydrogens is 399 g/mol. The van der Waals surface area contributed by atoms with E-state index in [9.17, 15) is 9.46 Å². The molecule has 8 nitrogen and oxygen atoms in total. The summed E-state index contributed by atoms with van der Waals surface area (Å²) in [7, 11) is -3.62. The van der Waals surface area contributed by atoms with E-state index in [2.05, 4.69) is 20.8 Å². The summed E-state index contributed by atoms with van der Waals surface area (Å²) in [4.78, 5) is 9.73. The lowest BCUT2D eigenvalue weighted by Gasteiger charge is -2.24. The van der Waals surface area contributed by atoms with Crippen LogP contribution in [0.2, 0.25) is 0 Å². The Bertz CT molecular complexity index is 431. The molecule has 29 heavy (non-hydrogen) atoms. The van der Waals surface area contributed by atoms with Crippen molar-refractivity contribution < 1.29 is 37.7 Å². The Morgan fingerprint density at radius 3 is 1.21 bits per heavy atom. The molecule has 0 aromatic carbocycles. The van der Waals surface area contributed by atoms with Gasteiger partial charge in [-0.1, -0.05) is 20.8 Å². The zero-order valence-electron chi connectivity index (χ0n) is 19.2. The Morgan fingerprint density at radius 2 is 0.897 bits per heavy atom. The summed E-state index contributed by atoms with van der Waals surface area (Å²) in [5.41, 5.74) is 0.301. The number of rotatable bonds is 18. The van der Waals surface area contributed by atoms with Gasteiger partial charge in [-0.25, -0.2) is 0 Å². The van der Waals surface area contributed by atoms with E-state index in [1.165, 1.54) is 0 Å². The van der Waals surface area contributed by atoms with Crippen LogP contribution in [0.5, 0.6) is 0 Å². The van der Waals surface area contributed by atoms with Gasteiger partial charge in [-0.3, -0.25) is 4.57 Å². The third kappa shape index (κ3) is 18.4. The molecule has 0 fully saturated rings. The molecule has 176 valence electrons. The topological polar surface area (TPSA) is 92.7 Å². The summed E-state index contributed by atoms with van der Waals surface area (Å²) in [6.45, 7) is 16.7. The first kappa shape index (κ1) is 28.9. The fourth-order valence-electron chi connectivity index (χ4n) is 1.77. The summed E-state index contributed by atoms with van der Waals surface area (Å²) in [5.74, 6) is 0. The van der Waals surface area contributed by atoms with Crippen molar-refractivity contribution in [3.8, 4) is 0 Å². The van der Waals surface area contributed by atoms with Gasteiger partial charge in [0.25, 0.3) is 0 Å². The van der Waals surface area contributed by atoms with Crippen LogP contribution in [0.4, 0.5) is 0 Å². The van der Waals surface area contributed by atoms with Crippen molar-refractivity contribution in [2.24, 2.45) is 5.41 Å². The molecule has 1 N–H and O–H groups in total. The highest BCUT2D eigenvalue weighted by Gasteiger charge is 2.35. The summed E-state index contributed by atoms with van der Waals surface area (Å²) < 4.78 is 43.9. The second kappa shape index (κ2) is 15.7.